The van der Waals surface area contributed by atoms with Gasteiger partial charge in [-0.3, -0.25) is 4.79 Å². The predicted octanol–water partition coefficient (Wildman–Crippen LogP) is 3.48. The third kappa shape index (κ3) is 2.64. The number of hydrogen-bond donors (Lipinski definition) is 4. The summed E-state index contributed by atoms with van der Waals surface area (Å²) in [5, 5.41) is 22.7. The Morgan fingerprint density at radius 1 is 1.05 bits per heavy atom. The monoisotopic (exact) mass is 302 g/mol. The number of carbonyl (C=O) groups is 1. The largest absolute Gasteiger partial charge is 0.504 e. The second-order valence-electron chi connectivity index (χ2n) is 4.57. The summed E-state index contributed by atoms with van der Waals surface area (Å²) in [5.41, 5.74) is 1.56. The molecule has 0 bridgehead atoms. The van der Waals surface area contributed by atoms with Crippen LogP contribution in [0, 0.1) is 0 Å². The summed E-state index contributed by atoms with van der Waals surface area (Å²) < 4.78 is 0. The van der Waals surface area contributed by atoms with E-state index in [1.54, 1.807) is 24.3 Å². The van der Waals surface area contributed by atoms with E-state index in [0.717, 1.165) is 10.9 Å². The Hall–Kier alpha value is -2.66. The molecule has 0 spiro atoms. The highest BCUT2D eigenvalue weighted by Crippen LogP contribution is 2.28. The van der Waals surface area contributed by atoms with Gasteiger partial charge in [0.2, 0.25) is 0 Å². The van der Waals surface area contributed by atoms with Crippen LogP contribution in [-0.4, -0.2) is 21.1 Å². The lowest BCUT2D eigenvalue weighted by atomic mass is 10.2. The molecule has 106 valence electrons. The number of H-pyrrole nitrogens is 1. The zero-order valence-corrected chi connectivity index (χ0v) is 11.5. The van der Waals surface area contributed by atoms with Crippen LogP contribution in [0.2, 0.25) is 5.02 Å². The normalized spacial score (nSPS) is 10.7. The second-order valence-corrected chi connectivity index (χ2v) is 5.01. The zero-order chi connectivity index (χ0) is 15.0. The van der Waals surface area contributed by atoms with Gasteiger partial charge < -0.3 is 20.5 Å². The SMILES string of the molecule is O=C(Nc1ccc(O)c(O)c1)c1cc2cc(Cl)ccc2[nH]1. The van der Waals surface area contributed by atoms with Gasteiger partial charge in [0.15, 0.2) is 11.5 Å². The molecule has 21 heavy (non-hydrogen) atoms. The van der Waals surface area contributed by atoms with Gasteiger partial charge in [-0.2, -0.15) is 0 Å². The highest BCUT2D eigenvalue weighted by Gasteiger charge is 2.11. The third-order valence-corrected chi connectivity index (χ3v) is 3.30. The van der Waals surface area contributed by atoms with Crippen LogP contribution in [0.4, 0.5) is 5.69 Å². The Balaban J connectivity index is 1.87. The number of aromatic hydroxyl groups is 2. The number of phenols is 2. The van der Waals surface area contributed by atoms with Gasteiger partial charge in [-0.25, -0.2) is 0 Å². The first kappa shape index (κ1) is 13.3. The van der Waals surface area contributed by atoms with Crippen LogP contribution in [0.15, 0.2) is 42.5 Å². The van der Waals surface area contributed by atoms with Crippen molar-refractivity contribution in [2.45, 2.75) is 0 Å². The molecule has 0 radical (unpaired) electrons. The van der Waals surface area contributed by atoms with Crippen LogP contribution in [0.5, 0.6) is 11.5 Å². The fraction of sp³-hybridized carbons (Fsp3) is 0. The molecular weight excluding hydrogens is 292 g/mol. The second kappa shape index (κ2) is 5.03. The Morgan fingerprint density at radius 3 is 2.62 bits per heavy atom. The van der Waals surface area contributed by atoms with E-state index < -0.39 is 0 Å². The van der Waals surface area contributed by atoms with Crippen LogP contribution in [-0.2, 0) is 0 Å². The van der Waals surface area contributed by atoms with E-state index in [4.69, 9.17) is 11.6 Å². The molecule has 5 nitrogen and oxygen atoms in total. The van der Waals surface area contributed by atoms with E-state index in [9.17, 15) is 15.0 Å². The lowest BCUT2D eigenvalue weighted by Gasteiger charge is -2.05. The summed E-state index contributed by atoms with van der Waals surface area (Å²) in [4.78, 5) is 15.1. The molecular formula is C15H11ClN2O3. The van der Waals surface area contributed by atoms with Crippen molar-refractivity contribution in [2.75, 3.05) is 5.32 Å². The quantitative estimate of drug-likeness (QED) is 0.432. The number of rotatable bonds is 2. The lowest BCUT2D eigenvalue weighted by Crippen LogP contribution is -2.11. The lowest BCUT2D eigenvalue weighted by molar-refractivity contribution is 0.102. The highest BCUT2D eigenvalue weighted by atomic mass is 35.5. The van der Waals surface area contributed by atoms with Crippen molar-refractivity contribution in [3.8, 4) is 11.5 Å². The van der Waals surface area contributed by atoms with Gasteiger partial charge in [0.05, 0.1) is 0 Å². The molecule has 4 N–H and O–H groups in total. The van der Waals surface area contributed by atoms with Crippen molar-refractivity contribution >= 4 is 34.1 Å². The molecule has 6 heteroatoms. The maximum atomic E-state index is 12.1. The number of fused-ring (bicyclic) bond motifs is 1. The molecule has 1 heterocycles. The summed E-state index contributed by atoms with van der Waals surface area (Å²) in [6.45, 7) is 0. The number of phenolic OH excluding ortho intramolecular Hbond substituents is 2. The molecule has 1 amide bonds. The van der Waals surface area contributed by atoms with Crippen LogP contribution in [0.1, 0.15) is 10.5 Å². The average molecular weight is 303 g/mol. The Bertz CT molecular complexity index is 842. The van der Waals surface area contributed by atoms with Gasteiger partial charge in [-0.15, -0.1) is 0 Å². The minimum Gasteiger partial charge on any atom is -0.504 e. The molecule has 0 saturated carbocycles. The molecule has 0 saturated heterocycles. The molecule has 3 rings (SSSR count). The number of carbonyl (C=O) groups excluding carboxylic acids is 1. The first-order valence-corrected chi connectivity index (χ1v) is 6.52. The number of benzene rings is 2. The van der Waals surface area contributed by atoms with Gasteiger partial charge >= 0.3 is 0 Å². The topological polar surface area (TPSA) is 85.3 Å². The number of hydrogen-bond acceptors (Lipinski definition) is 3. The van der Waals surface area contributed by atoms with Crippen molar-refractivity contribution in [1.82, 2.24) is 4.98 Å². The minimum absolute atomic E-state index is 0.242. The Kier molecular flexibility index (Phi) is 3.19. The van der Waals surface area contributed by atoms with Gasteiger partial charge in [0, 0.05) is 27.7 Å². The first-order valence-electron chi connectivity index (χ1n) is 6.14. The number of halogens is 1. The van der Waals surface area contributed by atoms with Gasteiger partial charge in [0.1, 0.15) is 5.69 Å². The molecule has 2 aromatic carbocycles. The average Bonchev–Trinajstić information content (AvgIpc) is 2.86. The van der Waals surface area contributed by atoms with Gasteiger partial charge in [-0.1, -0.05) is 11.6 Å². The maximum absolute atomic E-state index is 12.1. The molecule has 0 unspecified atom stereocenters. The predicted molar refractivity (Wildman–Crippen MR) is 81.0 cm³/mol. The van der Waals surface area contributed by atoms with Crippen molar-refractivity contribution in [2.24, 2.45) is 0 Å². The van der Waals surface area contributed by atoms with E-state index in [1.807, 2.05) is 0 Å². The van der Waals surface area contributed by atoms with Crippen molar-refractivity contribution in [1.29, 1.82) is 0 Å². The summed E-state index contributed by atoms with van der Waals surface area (Å²) in [5.74, 6) is -0.892. The molecule has 0 atom stereocenters. The standard InChI is InChI=1S/C15H11ClN2O3/c16-9-1-3-11-8(5-9)6-12(18-11)15(21)17-10-2-4-13(19)14(20)7-10/h1-7,18-20H,(H,17,21). The summed E-state index contributed by atoms with van der Waals surface area (Å²) in [6, 6.07) is 11.0. The zero-order valence-electron chi connectivity index (χ0n) is 10.7. The molecule has 0 aliphatic heterocycles. The molecule has 0 aliphatic rings. The van der Waals surface area contributed by atoms with Gasteiger partial charge in [-0.05, 0) is 36.4 Å². The van der Waals surface area contributed by atoms with Crippen LogP contribution in [0.3, 0.4) is 0 Å². The number of aromatic nitrogens is 1. The van der Waals surface area contributed by atoms with E-state index in [1.165, 1.54) is 18.2 Å². The smallest absolute Gasteiger partial charge is 0.272 e. The van der Waals surface area contributed by atoms with Crippen molar-refractivity contribution in [3.63, 3.8) is 0 Å². The number of nitrogens with one attached hydrogen (secondary N) is 2. The number of anilines is 1. The highest BCUT2D eigenvalue weighted by molar-refractivity contribution is 6.31. The van der Waals surface area contributed by atoms with Crippen LogP contribution >= 0.6 is 11.6 Å². The van der Waals surface area contributed by atoms with Crippen molar-refractivity contribution < 1.29 is 15.0 Å². The van der Waals surface area contributed by atoms with E-state index in [0.29, 0.717) is 16.4 Å². The number of aromatic amines is 1. The van der Waals surface area contributed by atoms with E-state index in [-0.39, 0.29) is 17.4 Å². The van der Waals surface area contributed by atoms with Crippen LogP contribution in [0.25, 0.3) is 10.9 Å². The molecule has 0 aliphatic carbocycles. The molecule has 1 aromatic heterocycles. The molecule has 3 aromatic rings. The minimum atomic E-state index is -0.354. The number of amides is 1. The summed E-state index contributed by atoms with van der Waals surface area (Å²) in [7, 11) is 0. The first-order chi connectivity index (χ1) is 10.0. The fourth-order valence-electron chi connectivity index (χ4n) is 2.03. The summed E-state index contributed by atoms with van der Waals surface area (Å²) in [6.07, 6.45) is 0. The molecule has 0 fully saturated rings. The fourth-order valence-corrected chi connectivity index (χ4v) is 2.21. The van der Waals surface area contributed by atoms with Crippen molar-refractivity contribution in [3.05, 3.63) is 53.2 Å². The maximum Gasteiger partial charge on any atom is 0.272 e. The third-order valence-electron chi connectivity index (χ3n) is 3.06. The van der Waals surface area contributed by atoms with E-state index >= 15 is 0 Å². The van der Waals surface area contributed by atoms with Crippen LogP contribution < -0.4 is 5.32 Å². The van der Waals surface area contributed by atoms with E-state index in [2.05, 4.69) is 10.3 Å². The van der Waals surface area contributed by atoms with Gasteiger partial charge in [0.25, 0.3) is 5.91 Å². The Labute approximate surface area is 124 Å². The Morgan fingerprint density at radius 2 is 1.86 bits per heavy atom. The summed E-state index contributed by atoms with van der Waals surface area (Å²) >= 11 is 5.90.